The lowest BCUT2D eigenvalue weighted by molar-refractivity contribution is 0.572. The van der Waals surface area contributed by atoms with Gasteiger partial charge in [-0.25, -0.2) is 14.6 Å². The molecule has 10 heteroatoms. The molecular formula is C25H21ClN8O. The van der Waals surface area contributed by atoms with Gasteiger partial charge in [-0.15, -0.1) is 5.10 Å². The van der Waals surface area contributed by atoms with Crippen molar-refractivity contribution < 1.29 is 0 Å². The fraction of sp³-hybridized carbons (Fsp3) is 0.160. The zero-order chi connectivity index (χ0) is 24.1. The number of H-pyrrole nitrogens is 1. The molecule has 3 N–H and O–H groups in total. The fourth-order valence-corrected chi connectivity index (χ4v) is 4.79. The van der Waals surface area contributed by atoms with E-state index in [2.05, 4.69) is 31.3 Å². The van der Waals surface area contributed by atoms with Crippen molar-refractivity contribution in [2.45, 2.75) is 25.8 Å². The third kappa shape index (κ3) is 3.79. The van der Waals surface area contributed by atoms with Gasteiger partial charge < -0.3 is 15.3 Å². The van der Waals surface area contributed by atoms with Gasteiger partial charge in [0.25, 0.3) is 5.56 Å². The van der Waals surface area contributed by atoms with E-state index in [-0.39, 0.29) is 11.6 Å². The number of pyridine rings is 2. The summed E-state index contributed by atoms with van der Waals surface area (Å²) in [6.45, 7) is 2.02. The second-order valence-electron chi connectivity index (χ2n) is 8.66. The maximum absolute atomic E-state index is 13.4. The number of nitrogens with zero attached hydrogens (tertiary/aromatic N) is 6. The van der Waals surface area contributed by atoms with Crippen LogP contribution in [0.25, 0.3) is 28.1 Å². The molecule has 35 heavy (non-hydrogen) atoms. The molecule has 0 unspecified atom stereocenters. The van der Waals surface area contributed by atoms with Crippen molar-refractivity contribution in [1.82, 2.24) is 34.5 Å². The Morgan fingerprint density at radius 2 is 1.97 bits per heavy atom. The smallest absolute Gasteiger partial charge is 0.252 e. The van der Waals surface area contributed by atoms with Gasteiger partial charge in [0, 0.05) is 29.1 Å². The number of nitrogens with two attached hydrogens (primary N) is 1. The van der Waals surface area contributed by atoms with E-state index < -0.39 is 0 Å². The number of anilines is 1. The normalized spacial score (nSPS) is 14.9. The molecule has 0 bridgehead atoms. The zero-order valence-corrected chi connectivity index (χ0v) is 19.6. The molecule has 5 aromatic rings. The maximum atomic E-state index is 13.4. The number of aromatic amines is 1. The van der Waals surface area contributed by atoms with Crippen molar-refractivity contribution in [3.05, 3.63) is 93.6 Å². The molecule has 0 fully saturated rings. The summed E-state index contributed by atoms with van der Waals surface area (Å²) >= 11 is 6.00. The lowest BCUT2D eigenvalue weighted by Gasteiger charge is -2.15. The Morgan fingerprint density at radius 3 is 2.74 bits per heavy atom. The van der Waals surface area contributed by atoms with Crippen LogP contribution in [0, 0.1) is 6.92 Å². The van der Waals surface area contributed by atoms with Crippen LogP contribution in [-0.2, 0) is 6.42 Å². The Labute approximate surface area is 205 Å². The summed E-state index contributed by atoms with van der Waals surface area (Å²) in [5.41, 5.74) is 11.9. The van der Waals surface area contributed by atoms with E-state index in [1.54, 1.807) is 35.4 Å². The molecule has 5 heterocycles. The quantitative estimate of drug-likeness (QED) is 0.398. The number of nitrogens with one attached hydrogen (secondary N) is 1. The predicted octanol–water partition coefficient (Wildman–Crippen LogP) is 3.96. The van der Waals surface area contributed by atoms with Crippen molar-refractivity contribution in [2.24, 2.45) is 0 Å². The molecule has 0 saturated carbocycles. The second-order valence-corrected chi connectivity index (χ2v) is 9.05. The molecule has 0 spiro atoms. The van der Waals surface area contributed by atoms with E-state index in [1.165, 1.54) is 0 Å². The van der Waals surface area contributed by atoms with Crippen LogP contribution in [0.3, 0.4) is 0 Å². The van der Waals surface area contributed by atoms with Gasteiger partial charge in [-0.1, -0.05) is 28.4 Å². The SMILES string of the molecule is Cc1ccc(-n2cc(Cl)nn2)c(-c2cc3n(c(=O)c2)[C@H](c2ncc(-c4ccc(N)nc4)[nH]2)CC3)c1. The largest absolute Gasteiger partial charge is 0.384 e. The number of hydrogen-bond donors (Lipinski definition) is 2. The summed E-state index contributed by atoms with van der Waals surface area (Å²) in [6, 6.07) is 13.2. The van der Waals surface area contributed by atoms with E-state index in [0.717, 1.165) is 58.0 Å². The molecular weight excluding hydrogens is 464 g/mol. The van der Waals surface area contributed by atoms with Crippen molar-refractivity contribution in [2.75, 3.05) is 5.73 Å². The Balaban J connectivity index is 1.39. The summed E-state index contributed by atoms with van der Waals surface area (Å²) in [5.74, 6) is 1.21. The number of rotatable bonds is 4. The summed E-state index contributed by atoms with van der Waals surface area (Å²) in [6.07, 6.45) is 6.67. The summed E-state index contributed by atoms with van der Waals surface area (Å²) in [7, 11) is 0. The number of halogens is 1. The van der Waals surface area contributed by atoms with Crippen LogP contribution in [0.15, 0.2) is 65.8 Å². The first kappa shape index (κ1) is 21.3. The van der Waals surface area contributed by atoms with E-state index >= 15 is 0 Å². The molecule has 174 valence electrons. The van der Waals surface area contributed by atoms with Gasteiger partial charge in [-0.2, -0.15) is 0 Å². The third-order valence-corrected chi connectivity index (χ3v) is 6.49. The van der Waals surface area contributed by atoms with Crippen LogP contribution in [0.5, 0.6) is 0 Å². The molecule has 1 aromatic carbocycles. The number of fused-ring (bicyclic) bond motifs is 1. The van der Waals surface area contributed by atoms with Gasteiger partial charge in [-0.05, 0) is 55.7 Å². The molecule has 0 amide bonds. The topological polar surface area (TPSA) is 120 Å². The first-order valence-electron chi connectivity index (χ1n) is 11.2. The van der Waals surface area contributed by atoms with Crippen molar-refractivity contribution in [1.29, 1.82) is 0 Å². The highest BCUT2D eigenvalue weighted by atomic mass is 35.5. The lowest BCUT2D eigenvalue weighted by Crippen LogP contribution is -2.23. The second kappa shape index (κ2) is 8.21. The molecule has 6 rings (SSSR count). The molecule has 0 aliphatic carbocycles. The Kier molecular flexibility index (Phi) is 5.00. The molecule has 1 atom stereocenters. The van der Waals surface area contributed by atoms with Crippen LogP contribution >= 0.6 is 11.6 Å². The van der Waals surface area contributed by atoms with Gasteiger partial charge in [0.1, 0.15) is 11.6 Å². The molecule has 4 aromatic heterocycles. The molecule has 0 radical (unpaired) electrons. The van der Waals surface area contributed by atoms with Crippen molar-refractivity contribution >= 4 is 17.4 Å². The Bertz CT molecular complexity index is 1620. The fourth-order valence-electron chi connectivity index (χ4n) is 4.67. The standard InChI is InChI=1S/C25H21ClN8O/c1-14-2-5-20(33-13-22(26)31-32-33)18(8-14)16-9-17-4-6-21(34(17)24(35)10-16)25-29-12-19(30-25)15-3-7-23(27)28-11-15/h2-3,5,7-13,21H,4,6H2,1H3,(H2,27,28)(H,29,30)/t21-/m0/s1. The van der Waals surface area contributed by atoms with E-state index in [4.69, 9.17) is 17.3 Å². The average molecular weight is 485 g/mol. The van der Waals surface area contributed by atoms with Crippen LogP contribution < -0.4 is 11.3 Å². The predicted molar refractivity (Wildman–Crippen MR) is 133 cm³/mol. The lowest BCUT2D eigenvalue weighted by atomic mass is 10.0. The van der Waals surface area contributed by atoms with Crippen LogP contribution in [0.2, 0.25) is 5.15 Å². The Hall–Kier alpha value is -4.24. The number of aryl methyl sites for hydroxylation is 2. The van der Waals surface area contributed by atoms with Crippen molar-refractivity contribution in [3.63, 3.8) is 0 Å². The molecule has 1 aliphatic rings. The van der Waals surface area contributed by atoms with Gasteiger partial charge in [-0.3, -0.25) is 4.79 Å². The van der Waals surface area contributed by atoms with Crippen LogP contribution in [0.4, 0.5) is 5.82 Å². The molecule has 9 nitrogen and oxygen atoms in total. The highest BCUT2D eigenvalue weighted by Gasteiger charge is 2.28. The van der Waals surface area contributed by atoms with E-state index in [0.29, 0.717) is 11.0 Å². The third-order valence-electron chi connectivity index (χ3n) is 6.32. The number of benzene rings is 1. The first-order valence-corrected chi connectivity index (χ1v) is 11.6. The van der Waals surface area contributed by atoms with Crippen LogP contribution in [0.1, 0.15) is 29.5 Å². The minimum absolute atomic E-state index is 0.0730. The highest BCUT2D eigenvalue weighted by molar-refractivity contribution is 6.29. The molecule has 1 aliphatic heterocycles. The van der Waals surface area contributed by atoms with Gasteiger partial charge in [0.2, 0.25) is 0 Å². The van der Waals surface area contributed by atoms with Gasteiger partial charge in [0.05, 0.1) is 29.8 Å². The average Bonchev–Trinajstić information content (AvgIpc) is 3.59. The minimum Gasteiger partial charge on any atom is -0.384 e. The highest BCUT2D eigenvalue weighted by Crippen LogP contribution is 2.34. The molecule has 0 saturated heterocycles. The van der Waals surface area contributed by atoms with Gasteiger partial charge in [0.15, 0.2) is 5.15 Å². The van der Waals surface area contributed by atoms with E-state index in [1.807, 2.05) is 35.8 Å². The zero-order valence-electron chi connectivity index (χ0n) is 18.8. The van der Waals surface area contributed by atoms with Crippen molar-refractivity contribution in [3.8, 4) is 28.1 Å². The minimum atomic E-state index is -0.159. The number of imidazole rings is 1. The maximum Gasteiger partial charge on any atom is 0.252 e. The number of aromatic nitrogens is 7. The number of nitrogen functional groups attached to an aromatic ring is 1. The Morgan fingerprint density at radius 1 is 1.09 bits per heavy atom. The van der Waals surface area contributed by atoms with E-state index in [9.17, 15) is 4.79 Å². The summed E-state index contributed by atoms with van der Waals surface area (Å²) < 4.78 is 3.45. The monoisotopic (exact) mass is 484 g/mol. The summed E-state index contributed by atoms with van der Waals surface area (Å²) in [4.78, 5) is 25.5. The summed E-state index contributed by atoms with van der Waals surface area (Å²) in [5, 5.41) is 8.30. The number of hydrogen-bond acceptors (Lipinski definition) is 6. The van der Waals surface area contributed by atoms with Gasteiger partial charge >= 0.3 is 0 Å². The van der Waals surface area contributed by atoms with Crippen LogP contribution in [-0.4, -0.2) is 34.5 Å². The first-order chi connectivity index (χ1) is 17.0.